The van der Waals surface area contributed by atoms with E-state index in [9.17, 15) is 0 Å². The molecule has 0 N–H and O–H groups in total. The molecule has 286 valence electrons. The standard InChI is InChI=1S/C58H43NO/c1-57(2)51-21-10-8-16-49(51)54-42(17-12-22-52(54)57)37-23-28-39(29-24-37)59(41-32-34-46-45-15-7-9-20-50(45)58(3,4)53(46)35-41)40-30-25-38(26-31-40)44-18-11-19-47-48-33-27-36-13-5-6-14-43(36)56(48)60-55(44)47/h5-35H,1-4H3. The van der Waals surface area contributed by atoms with Crippen LogP contribution >= 0.6 is 0 Å². The zero-order chi connectivity index (χ0) is 40.3. The van der Waals surface area contributed by atoms with E-state index < -0.39 is 0 Å². The maximum Gasteiger partial charge on any atom is 0.143 e. The molecule has 12 rings (SSSR count). The largest absolute Gasteiger partial charge is 0.455 e. The van der Waals surface area contributed by atoms with Gasteiger partial charge in [0.25, 0.3) is 0 Å². The summed E-state index contributed by atoms with van der Waals surface area (Å²) >= 11 is 0. The van der Waals surface area contributed by atoms with Crippen LogP contribution in [-0.4, -0.2) is 0 Å². The summed E-state index contributed by atoms with van der Waals surface area (Å²) in [6, 6.07) is 69.2. The molecule has 60 heavy (non-hydrogen) atoms. The smallest absolute Gasteiger partial charge is 0.143 e. The van der Waals surface area contributed by atoms with Gasteiger partial charge >= 0.3 is 0 Å². The van der Waals surface area contributed by atoms with Crippen LogP contribution in [0.25, 0.3) is 77.2 Å². The highest BCUT2D eigenvalue weighted by Crippen LogP contribution is 2.53. The van der Waals surface area contributed by atoms with Crippen LogP contribution in [0, 0.1) is 0 Å². The molecule has 1 heterocycles. The van der Waals surface area contributed by atoms with Crippen molar-refractivity contribution < 1.29 is 4.42 Å². The topological polar surface area (TPSA) is 16.4 Å². The molecule has 0 amide bonds. The normalized spacial score (nSPS) is 14.3. The lowest BCUT2D eigenvalue weighted by Gasteiger charge is -2.28. The SMILES string of the molecule is CC1(C)c2ccccc2-c2ccc(N(c3ccc(-c4cccc5c4-c4ccccc4C5(C)C)cc3)c3ccc(-c4cccc5c4oc4c6ccccc6ccc54)cc3)cc21. The summed E-state index contributed by atoms with van der Waals surface area (Å²) in [7, 11) is 0. The zero-order valence-corrected chi connectivity index (χ0v) is 34.3. The Morgan fingerprint density at radius 1 is 0.350 bits per heavy atom. The molecule has 0 saturated heterocycles. The van der Waals surface area contributed by atoms with Crippen molar-refractivity contribution >= 4 is 49.8 Å². The van der Waals surface area contributed by atoms with Crippen molar-refractivity contribution in [3.05, 3.63) is 210 Å². The van der Waals surface area contributed by atoms with Crippen LogP contribution < -0.4 is 4.90 Å². The minimum atomic E-state index is -0.115. The molecule has 2 nitrogen and oxygen atoms in total. The molecule has 0 bridgehead atoms. The summed E-state index contributed by atoms with van der Waals surface area (Å²) in [6.45, 7) is 9.41. The molecule has 0 radical (unpaired) electrons. The number of hydrogen-bond donors (Lipinski definition) is 0. The van der Waals surface area contributed by atoms with Gasteiger partial charge in [-0.15, -0.1) is 0 Å². The third-order valence-electron chi connectivity index (χ3n) is 13.7. The fourth-order valence-corrected chi connectivity index (χ4v) is 10.6. The van der Waals surface area contributed by atoms with E-state index in [-0.39, 0.29) is 10.8 Å². The third-order valence-corrected chi connectivity index (χ3v) is 13.7. The van der Waals surface area contributed by atoms with E-state index >= 15 is 0 Å². The summed E-state index contributed by atoms with van der Waals surface area (Å²) in [4.78, 5) is 2.41. The van der Waals surface area contributed by atoms with Crippen LogP contribution in [0.15, 0.2) is 192 Å². The Balaban J connectivity index is 0.982. The van der Waals surface area contributed by atoms with Gasteiger partial charge in [0.2, 0.25) is 0 Å². The van der Waals surface area contributed by atoms with Gasteiger partial charge in [-0.2, -0.15) is 0 Å². The molecule has 10 aromatic rings. The second-order valence-corrected chi connectivity index (χ2v) is 17.7. The summed E-state index contributed by atoms with van der Waals surface area (Å²) in [5.74, 6) is 0. The van der Waals surface area contributed by atoms with Crippen LogP contribution in [0.2, 0.25) is 0 Å². The lowest BCUT2D eigenvalue weighted by Crippen LogP contribution is -2.16. The van der Waals surface area contributed by atoms with Gasteiger partial charge in [-0.1, -0.05) is 173 Å². The zero-order valence-electron chi connectivity index (χ0n) is 34.3. The van der Waals surface area contributed by atoms with Crippen molar-refractivity contribution in [2.24, 2.45) is 0 Å². The highest BCUT2D eigenvalue weighted by Gasteiger charge is 2.37. The molecule has 0 unspecified atom stereocenters. The van der Waals surface area contributed by atoms with E-state index in [0.29, 0.717) is 0 Å². The molecule has 9 aromatic carbocycles. The minimum Gasteiger partial charge on any atom is -0.455 e. The van der Waals surface area contributed by atoms with E-state index in [4.69, 9.17) is 4.42 Å². The maximum atomic E-state index is 6.75. The average Bonchev–Trinajstić information content (AvgIpc) is 3.87. The number of fused-ring (bicyclic) bond motifs is 11. The molecule has 0 spiro atoms. The van der Waals surface area contributed by atoms with E-state index in [1.807, 2.05) is 0 Å². The highest BCUT2D eigenvalue weighted by molar-refractivity contribution is 6.17. The first kappa shape index (κ1) is 34.8. The van der Waals surface area contributed by atoms with Crippen LogP contribution in [0.5, 0.6) is 0 Å². The number of anilines is 3. The van der Waals surface area contributed by atoms with Crippen LogP contribution in [-0.2, 0) is 10.8 Å². The Kier molecular flexibility index (Phi) is 7.36. The first-order chi connectivity index (χ1) is 29.3. The molecule has 0 atom stereocenters. The number of nitrogens with zero attached hydrogens (tertiary/aromatic N) is 1. The van der Waals surface area contributed by atoms with Gasteiger partial charge in [0.1, 0.15) is 11.2 Å². The third kappa shape index (κ3) is 4.94. The van der Waals surface area contributed by atoms with Crippen molar-refractivity contribution in [2.75, 3.05) is 4.90 Å². The number of rotatable bonds is 5. The molecular formula is C58H43NO. The van der Waals surface area contributed by atoms with Gasteiger partial charge < -0.3 is 9.32 Å². The van der Waals surface area contributed by atoms with Crippen LogP contribution in [0.4, 0.5) is 17.1 Å². The first-order valence-electron chi connectivity index (χ1n) is 21.1. The molecule has 2 aliphatic carbocycles. The molecular weight excluding hydrogens is 727 g/mol. The molecule has 2 aliphatic rings. The Hall–Kier alpha value is -7.16. The molecule has 2 heteroatoms. The minimum absolute atomic E-state index is 0.0455. The molecule has 0 fully saturated rings. The lowest BCUT2D eigenvalue weighted by atomic mass is 9.82. The Bertz CT molecular complexity index is 3360. The first-order valence-corrected chi connectivity index (χ1v) is 21.1. The van der Waals surface area contributed by atoms with Gasteiger partial charge in [0, 0.05) is 49.6 Å². The van der Waals surface area contributed by atoms with Crippen molar-refractivity contribution in [1.29, 1.82) is 0 Å². The van der Waals surface area contributed by atoms with E-state index in [2.05, 4.69) is 221 Å². The number of benzene rings is 9. The number of para-hydroxylation sites is 1. The maximum absolute atomic E-state index is 6.75. The van der Waals surface area contributed by atoms with E-state index in [1.165, 1.54) is 61.0 Å². The number of hydrogen-bond acceptors (Lipinski definition) is 2. The van der Waals surface area contributed by atoms with Gasteiger partial charge in [-0.05, 0) is 109 Å². The van der Waals surface area contributed by atoms with E-state index in [1.54, 1.807) is 0 Å². The quantitative estimate of drug-likeness (QED) is 0.173. The fourth-order valence-electron chi connectivity index (χ4n) is 10.6. The van der Waals surface area contributed by atoms with Crippen molar-refractivity contribution in [3.8, 4) is 44.5 Å². The summed E-state index contributed by atoms with van der Waals surface area (Å²) in [5, 5.41) is 4.60. The van der Waals surface area contributed by atoms with E-state index in [0.717, 1.165) is 55.5 Å². The van der Waals surface area contributed by atoms with Crippen molar-refractivity contribution in [2.45, 2.75) is 38.5 Å². The van der Waals surface area contributed by atoms with Gasteiger partial charge in [-0.25, -0.2) is 0 Å². The van der Waals surface area contributed by atoms with Crippen LogP contribution in [0.3, 0.4) is 0 Å². The predicted octanol–water partition coefficient (Wildman–Crippen LogP) is 16.2. The van der Waals surface area contributed by atoms with Crippen LogP contribution in [0.1, 0.15) is 49.9 Å². The molecule has 0 saturated carbocycles. The van der Waals surface area contributed by atoms with Crippen molar-refractivity contribution in [1.82, 2.24) is 0 Å². The Morgan fingerprint density at radius 3 is 1.63 bits per heavy atom. The fraction of sp³-hybridized carbons (Fsp3) is 0.103. The summed E-state index contributed by atoms with van der Waals surface area (Å²) in [6.07, 6.45) is 0. The summed E-state index contributed by atoms with van der Waals surface area (Å²) in [5.41, 5.74) is 20.6. The molecule has 0 aliphatic heterocycles. The Morgan fingerprint density at radius 2 is 0.867 bits per heavy atom. The second-order valence-electron chi connectivity index (χ2n) is 17.7. The van der Waals surface area contributed by atoms with Gasteiger partial charge in [0.15, 0.2) is 0 Å². The average molecular weight is 770 g/mol. The second kappa shape index (κ2) is 12.7. The van der Waals surface area contributed by atoms with Crippen molar-refractivity contribution in [3.63, 3.8) is 0 Å². The lowest BCUT2D eigenvalue weighted by molar-refractivity contribution is 0.660. The monoisotopic (exact) mass is 769 g/mol. The number of furan rings is 1. The summed E-state index contributed by atoms with van der Waals surface area (Å²) < 4.78 is 6.75. The Labute approximate surface area is 351 Å². The highest BCUT2D eigenvalue weighted by atomic mass is 16.3. The predicted molar refractivity (Wildman–Crippen MR) is 252 cm³/mol. The van der Waals surface area contributed by atoms with Gasteiger partial charge in [0.05, 0.1) is 0 Å². The molecule has 1 aromatic heterocycles. The van der Waals surface area contributed by atoms with Gasteiger partial charge in [-0.3, -0.25) is 0 Å².